The SMILES string of the molecule is C/C(=N\NC(=S)Nc1ccccc1)c1cccc(/C(C)=N/NC(=S)Nc2ccc(C(=O)O)cc2)n1. The Morgan fingerprint density at radius 3 is 1.71 bits per heavy atom. The van der Waals surface area contributed by atoms with Crippen LogP contribution in [-0.2, 0) is 0 Å². The maximum Gasteiger partial charge on any atom is 0.335 e. The molecule has 0 radical (unpaired) electrons. The Bertz CT molecular complexity index is 1280. The number of rotatable bonds is 7. The summed E-state index contributed by atoms with van der Waals surface area (Å²) in [6.07, 6.45) is 0. The highest BCUT2D eigenvalue weighted by molar-refractivity contribution is 7.80. The van der Waals surface area contributed by atoms with Gasteiger partial charge >= 0.3 is 5.97 Å². The summed E-state index contributed by atoms with van der Waals surface area (Å²) in [5.74, 6) is -0.991. The van der Waals surface area contributed by atoms with Crippen LogP contribution in [0.4, 0.5) is 11.4 Å². The summed E-state index contributed by atoms with van der Waals surface area (Å²) in [6.45, 7) is 3.62. The fourth-order valence-corrected chi connectivity index (χ4v) is 3.08. The van der Waals surface area contributed by atoms with Crippen molar-refractivity contribution in [3.63, 3.8) is 0 Å². The molecule has 0 amide bonds. The van der Waals surface area contributed by atoms with Crippen molar-refractivity contribution in [3.05, 3.63) is 89.7 Å². The largest absolute Gasteiger partial charge is 0.478 e. The molecule has 178 valence electrons. The summed E-state index contributed by atoms with van der Waals surface area (Å²) < 4.78 is 0. The average Bonchev–Trinajstić information content (AvgIpc) is 2.87. The number of carboxylic acids is 1. The first kappa shape index (κ1) is 25.4. The Morgan fingerprint density at radius 1 is 0.743 bits per heavy atom. The highest BCUT2D eigenvalue weighted by Gasteiger charge is 2.06. The molecule has 0 aliphatic carbocycles. The van der Waals surface area contributed by atoms with Gasteiger partial charge in [-0.15, -0.1) is 0 Å². The van der Waals surface area contributed by atoms with Crippen LogP contribution >= 0.6 is 24.4 Å². The minimum Gasteiger partial charge on any atom is -0.478 e. The zero-order valence-electron chi connectivity index (χ0n) is 18.9. The lowest BCUT2D eigenvalue weighted by atomic mass is 10.2. The van der Waals surface area contributed by atoms with E-state index in [1.807, 2.05) is 55.5 Å². The fraction of sp³-hybridized carbons (Fsp3) is 0.0833. The molecule has 1 aromatic heterocycles. The topological polar surface area (TPSA) is 123 Å². The molecule has 0 aliphatic rings. The zero-order chi connectivity index (χ0) is 25.2. The number of benzene rings is 2. The van der Waals surface area contributed by atoms with Crippen LogP contribution in [0.15, 0.2) is 83.0 Å². The van der Waals surface area contributed by atoms with Crippen LogP contribution < -0.4 is 21.5 Å². The fourth-order valence-electron chi connectivity index (χ4n) is 2.76. The van der Waals surface area contributed by atoms with E-state index in [0.29, 0.717) is 33.6 Å². The van der Waals surface area contributed by atoms with Gasteiger partial charge in [0.1, 0.15) is 0 Å². The van der Waals surface area contributed by atoms with Crippen molar-refractivity contribution < 1.29 is 9.90 Å². The third kappa shape index (κ3) is 7.95. The van der Waals surface area contributed by atoms with Gasteiger partial charge in [-0.2, -0.15) is 10.2 Å². The molecule has 0 bridgehead atoms. The van der Waals surface area contributed by atoms with Gasteiger partial charge < -0.3 is 15.7 Å². The van der Waals surface area contributed by atoms with Gasteiger partial charge in [0.25, 0.3) is 0 Å². The van der Waals surface area contributed by atoms with Crippen LogP contribution in [0.1, 0.15) is 35.6 Å². The predicted octanol–water partition coefficient (Wildman–Crippen LogP) is 4.20. The van der Waals surface area contributed by atoms with Gasteiger partial charge in [-0.3, -0.25) is 10.9 Å². The summed E-state index contributed by atoms with van der Waals surface area (Å²) in [4.78, 5) is 15.5. The highest BCUT2D eigenvalue weighted by atomic mass is 32.1. The normalized spacial score (nSPS) is 11.4. The van der Waals surface area contributed by atoms with E-state index >= 15 is 0 Å². The van der Waals surface area contributed by atoms with Gasteiger partial charge in [-0.25, -0.2) is 9.78 Å². The van der Waals surface area contributed by atoms with Crippen molar-refractivity contribution in [2.24, 2.45) is 10.2 Å². The molecule has 0 saturated heterocycles. The van der Waals surface area contributed by atoms with E-state index in [2.05, 4.69) is 36.7 Å². The van der Waals surface area contributed by atoms with Crippen LogP contribution in [0.3, 0.4) is 0 Å². The van der Waals surface area contributed by atoms with Crippen molar-refractivity contribution in [1.82, 2.24) is 15.8 Å². The van der Waals surface area contributed by atoms with Crippen molar-refractivity contribution in [2.45, 2.75) is 13.8 Å². The van der Waals surface area contributed by atoms with E-state index in [1.165, 1.54) is 12.1 Å². The lowest BCUT2D eigenvalue weighted by Gasteiger charge is -2.09. The molecule has 3 aromatic rings. The number of hydrazone groups is 2. The van der Waals surface area contributed by atoms with E-state index in [-0.39, 0.29) is 10.7 Å². The van der Waals surface area contributed by atoms with Crippen molar-refractivity contribution in [2.75, 3.05) is 10.6 Å². The van der Waals surface area contributed by atoms with Crippen LogP contribution in [0.25, 0.3) is 0 Å². The number of hydrogen-bond donors (Lipinski definition) is 5. The summed E-state index contributed by atoms with van der Waals surface area (Å²) in [5.41, 5.74) is 9.83. The van der Waals surface area contributed by atoms with E-state index < -0.39 is 5.97 Å². The molecule has 5 N–H and O–H groups in total. The summed E-state index contributed by atoms with van der Waals surface area (Å²) in [5, 5.41) is 24.2. The number of para-hydroxylation sites is 1. The molecule has 1 heterocycles. The summed E-state index contributed by atoms with van der Waals surface area (Å²) in [7, 11) is 0. The first-order chi connectivity index (χ1) is 16.8. The van der Waals surface area contributed by atoms with Gasteiger partial charge in [-0.05, 0) is 86.8 Å². The second-order valence-corrected chi connectivity index (χ2v) is 8.00. The number of anilines is 2. The van der Waals surface area contributed by atoms with Gasteiger partial charge in [-0.1, -0.05) is 24.3 Å². The average molecular weight is 506 g/mol. The van der Waals surface area contributed by atoms with Crippen LogP contribution in [-0.4, -0.2) is 37.7 Å². The van der Waals surface area contributed by atoms with Gasteiger partial charge in [0, 0.05) is 11.4 Å². The molecular formula is C24H23N7O2S2. The lowest BCUT2D eigenvalue weighted by Crippen LogP contribution is -2.25. The predicted molar refractivity (Wildman–Crippen MR) is 147 cm³/mol. The molecule has 3 rings (SSSR count). The highest BCUT2D eigenvalue weighted by Crippen LogP contribution is 2.10. The maximum absolute atomic E-state index is 10.9. The monoisotopic (exact) mass is 505 g/mol. The second kappa shape index (κ2) is 12.3. The number of nitrogens with zero attached hydrogens (tertiary/aromatic N) is 3. The Balaban J connectivity index is 1.58. The minimum atomic E-state index is -0.991. The van der Waals surface area contributed by atoms with Crippen molar-refractivity contribution >= 4 is 63.4 Å². The molecular weight excluding hydrogens is 482 g/mol. The van der Waals surface area contributed by atoms with Crippen LogP contribution in [0, 0.1) is 0 Å². The Morgan fingerprint density at radius 2 is 1.23 bits per heavy atom. The molecule has 0 saturated carbocycles. The number of pyridine rings is 1. The molecule has 0 spiro atoms. The van der Waals surface area contributed by atoms with Crippen LogP contribution in [0.5, 0.6) is 0 Å². The quantitative estimate of drug-likeness (QED) is 0.183. The molecule has 0 unspecified atom stereocenters. The second-order valence-electron chi connectivity index (χ2n) is 7.18. The third-order valence-electron chi connectivity index (χ3n) is 4.56. The molecule has 0 aliphatic heterocycles. The first-order valence-corrected chi connectivity index (χ1v) is 11.2. The van der Waals surface area contributed by atoms with E-state index in [0.717, 1.165) is 5.69 Å². The number of carbonyl (C=O) groups is 1. The lowest BCUT2D eigenvalue weighted by molar-refractivity contribution is 0.0697. The van der Waals surface area contributed by atoms with Crippen molar-refractivity contribution in [3.8, 4) is 0 Å². The number of carboxylic acid groups (broad SMARTS) is 1. The van der Waals surface area contributed by atoms with Crippen molar-refractivity contribution in [1.29, 1.82) is 0 Å². The summed E-state index contributed by atoms with van der Waals surface area (Å²) >= 11 is 10.5. The number of hydrogen-bond acceptors (Lipinski definition) is 6. The summed E-state index contributed by atoms with van der Waals surface area (Å²) in [6, 6.07) is 21.3. The molecule has 2 aromatic carbocycles. The number of nitrogens with one attached hydrogen (secondary N) is 4. The smallest absolute Gasteiger partial charge is 0.335 e. The standard InChI is InChI=1S/C24H23N7O2S2/c1-15(28-30-23(34)25-18-7-4-3-5-8-18)20-9-6-10-21(27-20)16(2)29-31-24(35)26-19-13-11-17(12-14-19)22(32)33/h3-14H,1-2H3,(H,32,33)(H2,25,30,34)(H2,26,31,35)/b28-15+,29-16+. The molecule has 11 heteroatoms. The van der Waals surface area contributed by atoms with E-state index in [1.54, 1.807) is 19.1 Å². The van der Waals surface area contributed by atoms with E-state index in [4.69, 9.17) is 29.5 Å². The Kier molecular flexibility index (Phi) is 8.93. The van der Waals surface area contributed by atoms with Crippen LogP contribution in [0.2, 0.25) is 0 Å². The Hall–Kier alpha value is -4.22. The molecule has 0 fully saturated rings. The number of aromatic carboxylic acids is 1. The third-order valence-corrected chi connectivity index (χ3v) is 4.95. The number of thiocarbonyl (C=S) groups is 2. The van der Waals surface area contributed by atoms with Gasteiger partial charge in [0.2, 0.25) is 0 Å². The Labute approximate surface area is 213 Å². The zero-order valence-corrected chi connectivity index (χ0v) is 20.6. The van der Waals surface area contributed by atoms with Gasteiger partial charge in [0.15, 0.2) is 10.2 Å². The molecule has 35 heavy (non-hydrogen) atoms. The molecule has 0 atom stereocenters. The van der Waals surface area contributed by atoms with Gasteiger partial charge in [0.05, 0.1) is 28.4 Å². The maximum atomic E-state index is 10.9. The first-order valence-electron chi connectivity index (χ1n) is 10.4. The number of aromatic nitrogens is 1. The van der Waals surface area contributed by atoms with E-state index in [9.17, 15) is 4.79 Å². The minimum absolute atomic E-state index is 0.192. The molecule has 9 nitrogen and oxygen atoms in total.